The van der Waals surface area contributed by atoms with Crippen molar-refractivity contribution in [1.82, 2.24) is 9.80 Å². The average Bonchev–Trinajstić information content (AvgIpc) is 2.68. The molecule has 0 radical (unpaired) electrons. The maximum atomic E-state index is 12.9. The van der Waals surface area contributed by atoms with Crippen molar-refractivity contribution in [2.45, 2.75) is 45.1 Å². The summed E-state index contributed by atoms with van der Waals surface area (Å²) in [6.45, 7) is 3.76. The second kappa shape index (κ2) is 9.20. The number of piperidine rings is 1. The van der Waals surface area contributed by atoms with Crippen molar-refractivity contribution in [2.24, 2.45) is 0 Å². The van der Waals surface area contributed by atoms with E-state index in [1.54, 1.807) is 11.9 Å². The monoisotopic (exact) mass is 382 g/mol. The van der Waals surface area contributed by atoms with Crippen molar-refractivity contribution < 1.29 is 9.21 Å². The van der Waals surface area contributed by atoms with Gasteiger partial charge in [-0.1, -0.05) is 30.3 Å². The van der Waals surface area contributed by atoms with E-state index >= 15 is 0 Å². The second-order valence-electron chi connectivity index (χ2n) is 7.85. The van der Waals surface area contributed by atoms with Gasteiger partial charge in [-0.2, -0.15) is 0 Å². The molecule has 5 heteroatoms. The van der Waals surface area contributed by atoms with Crippen LogP contribution in [0.3, 0.4) is 0 Å². The van der Waals surface area contributed by atoms with Gasteiger partial charge in [-0.15, -0.1) is 0 Å². The van der Waals surface area contributed by atoms with E-state index in [1.165, 1.54) is 5.56 Å². The topological polar surface area (TPSA) is 53.8 Å². The van der Waals surface area contributed by atoms with Crippen LogP contribution >= 0.6 is 0 Å². The van der Waals surface area contributed by atoms with Gasteiger partial charge in [0, 0.05) is 19.5 Å². The molecule has 0 aliphatic carbocycles. The summed E-state index contributed by atoms with van der Waals surface area (Å²) in [7, 11) is 3.89. The van der Waals surface area contributed by atoms with Crippen LogP contribution in [0.5, 0.6) is 0 Å². The Morgan fingerprint density at radius 2 is 1.86 bits per heavy atom. The highest BCUT2D eigenvalue weighted by atomic mass is 16.4. The van der Waals surface area contributed by atoms with Crippen LogP contribution in [0, 0.1) is 6.92 Å². The van der Waals surface area contributed by atoms with Gasteiger partial charge in [-0.3, -0.25) is 4.79 Å². The molecule has 0 saturated carbocycles. The van der Waals surface area contributed by atoms with Crippen molar-refractivity contribution in [1.29, 1.82) is 0 Å². The molecule has 1 aromatic heterocycles. The first kappa shape index (κ1) is 20.3. The van der Waals surface area contributed by atoms with Crippen LogP contribution in [0.2, 0.25) is 0 Å². The minimum Gasteiger partial charge on any atom is -0.427 e. The smallest absolute Gasteiger partial charge is 0.349 e. The third kappa shape index (κ3) is 4.90. The molecule has 150 valence electrons. The van der Waals surface area contributed by atoms with Crippen LogP contribution in [0.4, 0.5) is 0 Å². The molecule has 2 heterocycles. The lowest BCUT2D eigenvalue weighted by Crippen LogP contribution is -2.45. The SMILES string of the molecule is Cc1cc(CCCc2ccccc2)oc(=O)c1C(=O)N(C)C1CCN(C)CC1. The minimum absolute atomic E-state index is 0.174. The zero-order chi connectivity index (χ0) is 20.1. The molecule has 1 saturated heterocycles. The lowest BCUT2D eigenvalue weighted by Gasteiger charge is -2.35. The first-order valence-electron chi connectivity index (χ1n) is 10.1. The fourth-order valence-corrected chi connectivity index (χ4v) is 3.89. The van der Waals surface area contributed by atoms with Crippen molar-refractivity contribution in [3.8, 4) is 0 Å². The van der Waals surface area contributed by atoms with Crippen molar-refractivity contribution >= 4 is 5.91 Å². The summed E-state index contributed by atoms with van der Waals surface area (Å²) >= 11 is 0. The molecule has 1 fully saturated rings. The van der Waals surface area contributed by atoms with Gasteiger partial charge in [0.05, 0.1) is 0 Å². The summed E-state index contributed by atoms with van der Waals surface area (Å²) in [6.07, 6.45) is 4.38. The molecule has 0 bridgehead atoms. The summed E-state index contributed by atoms with van der Waals surface area (Å²) < 4.78 is 5.49. The maximum absolute atomic E-state index is 12.9. The van der Waals surface area contributed by atoms with Crippen molar-refractivity contribution in [3.05, 3.63) is 69.3 Å². The lowest BCUT2D eigenvalue weighted by molar-refractivity contribution is 0.0654. The number of nitrogens with zero attached hydrogens (tertiary/aromatic N) is 2. The molecule has 0 spiro atoms. The molecular formula is C23H30N2O3. The molecule has 0 atom stereocenters. The summed E-state index contributed by atoms with van der Waals surface area (Å²) in [5.41, 5.74) is 1.64. The summed E-state index contributed by atoms with van der Waals surface area (Å²) in [6, 6.07) is 12.3. The summed E-state index contributed by atoms with van der Waals surface area (Å²) in [5, 5.41) is 0. The molecule has 1 aliphatic heterocycles. The van der Waals surface area contributed by atoms with Gasteiger partial charge < -0.3 is 14.2 Å². The molecule has 0 N–H and O–H groups in total. The number of likely N-dealkylation sites (tertiary alicyclic amines) is 1. The van der Waals surface area contributed by atoms with Crippen LogP contribution in [0.25, 0.3) is 0 Å². The largest absolute Gasteiger partial charge is 0.427 e. The van der Waals surface area contributed by atoms with E-state index in [1.807, 2.05) is 31.2 Å². The van der Waals surface area contributed by atoms with E-state index in [0.717, 1.165) is 38.8 Å². The average molecular weight is 383 g/mol. The number of rotatable bonds is 6. The van der Waals surface area contributed by atoms with Gasteiger partial charge in [-0.25, -0.2) is 4.79 Å². The highest BCUT2D eigenvalue weighted by Gasteiger charge is 2.27. The Labute approximate surface area is 167 Å². The Morgan fingerprint density at radius 3 is 2.50 bits per heavy atom. The number of hydrogen-bond donors (Lipinski definition) is 0. The molecule has 1 aromatic carbocycles. The van der Waals surface area contributed by atoms with Crippen molar-refractivity contribution in [2.75, 3.05) is 27.2 Å². The summed E-state index contributed by atoms with van der Waals surface area (Å²) in [4.78, 5) is 29.5. The van der Waals surface area contributed by atoms with Gasteiger partial charge in [-0.05, 0) is 69.9 Å². The number of amides is 1. The highest BCUT2D eigenvalue weighted by molar-refractivity contribution is 5.95. The fourth-order valence-electron chi connectivity index (χ4n) is 3.89. The van der Waals surface area contributed by atoms with E-state index in [9.17, 15) is 9.59 Å². The molecule has 1 aliphatic rings. The Kier molecular flexibility index (Phi) is 6.68. The second-order valence-corrected chi connectivity index (χ2v) is 7.85. The van der Waals surface area contributed by atoms with E-state index in [4.69, 9.17) is 4.42 Å². The molecule has 5 nitrogen and oxygen atoms in total. The number of hydrogen-bond acceptors (Lipinski definition) is 4. The molecule has 2 aromatic rings. The lowest BCUT2D eigenvalue weighted by atomic mass is 10.0. The fraction of sp³-hybridized carbons (Fsp3) is 0.478. The highest BCUT2D eigenvalue weighted by Crippen LogP contribution is 2.18. The Morgan fingerprint density at radius 1 is 1.18 bits per heavy atom. The number of aryl methyl sites for hydroxylation is 3. The Bertz CT molecular complexity index is 852. The van der Waals surface area contributed by atoms with Gasteiger partial charge in [0.25, 0.3) is 5.91 Å². The van der Waals surface area contributed by atoms with Crippen LogP contribution in [0.15, 0.2) is 45.6 Å². The van der Waals surface area contributed by atoms with Crippen LogP contribution < -0.4 is 5.63 Å². The number of benzene rings is 1. The molecule has 0 unspecified atom stereocenters. The third-order valence-corrected chi connectivity index (χ3v) is 5.70. The van der Waals surface area contributed by atoms with Crippen LogP contribution in [-0.2, 0) is 12.8 Å². The van der Waals surface area contributed by atoms with Crippen LogP contribution in [0.1, 0.15) is 46.5 Å². The van der Waals surface area contributed by atoms with E-state index < -0.39 is 5.63 Å². The Hall–Kier alpha value is -2.40. The van der Waals surface area contributed by atoms with Gasteiger partial charge in [0.2, 0.25) is 0 Å². The predicted octanol–water partition coefficient (Wildman–Crippen LogP) is 3.29. The zero-order valence-electron chi connectivity index (χ0n) is 17.1. The van der Waals surface area contributed by atoms with E-state index in [-0.39, 0.29) is 17.5 Å². The molecule has 3 rings (SSSR count). The van der Waals surface area contributed by atoms with Gasteiger partial charge in [0.15, 0.2) is 0 Å². The third-order valence-electron chi connectivity index (χ3n) is 5.70. The van der Waals surface area contributed by atoms with Gasteiger partial charge in [0.1, 0.15) is 11.3 Å². The van der Waals surface area contributed by atoms with Crippen molar-refractivity contribution in [3.63, 3.8) is 0 Å². The number of carbonyl (C=O) groups excluding carboxylic acids is 1. The number of carbonyl (C=O) groups is 1. The maximum Gasteiger partial charge on any atom is 0.349 e. The quantitative estimate of drug-likeness (QED) is 0.769. The predicted molar refractivity (Wildman–Crippen MR) is 111 cm³/mol. The summed E-state index contributed by atoms with van der Waals surface area (Å²) in [5.74, 6) is 0.425. The molecule has 1 amide bonds. The van der Waals surface area contributed by atoms with Gasteiger partial charge >= 0.3 is 5.63 Å². The molecule has 28 heavy (non-hydrogen) atoms. The zero-order valence-corrected chi connectivity index (χ0v) is 17.1. The minimum atomic E-state index is -0.514. The molecular weight excluding hydrogens is 352 g/mol. The first-order chi connectivity index (χ1) is 13.5. The van der Waals surface area contributed by atoms with Crippen LogP contribution in [-0.4, -0.2) is 48.9 Å². The standard InChI is InChI=1S/C23H30N2O3/c1-17-16-20(11-7-10-18-8-5-4-6-9-18)28-23(27)21(17)22(26)25(3)19-12-14-24(2)15-13-19/h4-6,8-9,16,19H,7,10-15H2,1-3H3. The first-order valence-corrected chi connectivity index (χ1v) is 10.1. The normalized spacial score (nSPS) is 15.5. The Balaban J connectivity index is 1.65. The van der Waals surface area contributed by atoms with E-state index in [2.05, 4.69) is 24.1 Å². The van der Waals surface area contributed by atoms with E-state index in [0.29, 0.717) is 17.7 Å².